The van der Waals surface area contributed by atoms with Gasteiger partial charge in [0, 0.05) is 9.75 Å². The van der Waals surface area contributed by atoms with Crippen LogP contribution in [0.2, 0.25) is 0 Å². The van der Waals surface area contributed by atoms with Crippen LogP contribution in [-0.2, 0) is 9.59 Å². The summed E-state index contributed by atoms with van der Waals surface area (Å²) >= 11 is 1.66. The zero-order valence-corrected chi connectivity index (χ0v) is 14.2. The number of ether oxygens (including phenoxy) is 1. The van der Waals surface area contributed by atoms with Crippen molar-refractivity contribution in [1.82, 2.24) is 15.3 Å². The first-order valence-corrected chi connectivity index (χ1v) is 7.76. The first-order valence-electron chi connectivity index (χ1n) is 6.95. The van der Waals surface area contributed by atoms with Crippen LogP contribution in [0.25, 0.3) is 0 Å². The minimum atomic E-state index is -0.797. The van der Waals surface area contributed by atoms with Gasteiger partial charge in [0.05, 0.1) is 19.3 Å². The van der Waals surface area contributed by atoms with Gasteiger partial charge in [-0.1, -0.05) is 0 Å². The number of aromatic nitrogens is 2. The number of amides is 2. The summed E-state index contributed by atoms with van der Waals surface area (Å²) in [6, 6.07) is 1.75. The Bertz CT molecular complexity index is 729. The first kappa shape index (κ1) is 16.9. The maximum absolute atomic E-state index is 12.0. The molecule has 8 heteroatoms. The summed E-state index contributed by atoms with van der Waals surface area (Å²) in [7, 11) is 1.42. The average molecular weight is 334 g/mol. The molecule has 0 aliphatic carbocycles. The molecule has 0 spiro atoms. The zero-order chi connectivity index (χ0) is 17.0. The van der Waals surface area contributed by atoms with Gasteiger partial charge >= 0.3 is 11.8 Å². The molecule has 0 aromatic carbocycles. The maximum atomic E-state index is 12.0. The van der Waals surface area contributed by atoms with Crippen LogP contribution in [0.1, 0.15) is 28.3 Å². The SMILES string of the molecule is COc1ncncc1NC(=O)C(=O)N[C@H](C)c1cc(C)sc1C. The van der Waals surface area contributed by atoms with Crippen molar-refractivity contribution in [3.8, 4) is 5.88 Å². The van der Waals surface area contributed by atoms with Crippen LogP contribution < -0.4 is 15.4 Å². The van der Waals surface area contributed by atoms with Crippen LogP contribution in [0.3, 0.4) is 0 Å². The second-order valence-corrected chi connectivity index (χ2v) is 6.42. The molecule has 23 heavy (non-hydrogen) atoms. The van der Waals surface area contributed by atoms with E-state index in [1.165, 1.54) is 19.6 Å². The topological polar surface area (TPSA) is 93.2 Å². The Morgan fingerprint density at radius 1 is 1.30 bits per heavy atom. The van der Waals surface area contributed by atoms with Gasteiger partial charge in [0.2, 0.25) is 5.88 Å². The largest absolute Gasteiger partial charge is 0.479 e. The molecule has 0 saturated heterocycles. The number of carbonyl (C=O) groups is 2. The number of carbonyl (C=O) groups excluding carboxylic acids is 2. The summed E-state index contributed by atoms with van der Waals surface area (Å²) in [4.78, 5) is 34.0. The summed E-state index contributed by atoms with van der Waals surface area (Å²) < 4.78 is 5.00. The molecule has 1 atom stereocenters. The number of nitrogens with zero attached hydrogens (tertiary/aromatic N) is 2. The predicted molar refractivity (Wildman–Crippen MR) is 87.6 cm³/mol. The van der Waals surface area contributed by atoms with Crippen LogP contribution in [0, 0.1) is 13.8 Å². The van der Waals surface area contributed by atoms with Gasteiger partial charge in [-0.3, -0.25) is 9.59 Å². The standard InChI is InChI=1S/C15H18N4O3S/c1-8-5-11(10(3)23-8)9(2)18-13(20)14(21)19-12-6-16-7-17-15(12)22-4/h5-7,9H,1-4H3,(H,18,20)(H,19,21)/t9-/m1/s1. The lowest BCUT2D eigenvalue weighted by Gasteiger charge is -2.14. The molecule has 0 aliphatic heterocycles. The van der Waals surface area contributed by atoms with Crippen molar-refractivity contribution in [2.75, 3.05) is 12.4 Å². The Kier molecular flexibility index (Phi) is 5.28. The number of aryl methyl sites for hydroxylation is 2. The third-order valence-electron chi connectivity index (χ3n) is 3.22. The first-order chi connectivity index (χ1) is 10.9. The number of rotatable bonds is 4. The van der Waals surface area contributed by atoms with Crippen molar-refractivity contribution in [2.45, 2.75) is 26.8 Å². The highest BCUT2D eigenvalue weighted by molar-refractivity contribution is 7.12. The average Bonchev–Trinajstić information content (AvgIpc) is 2.86. The lowest BCUT2D eigenvalue weighted by molar-refractivity contribution is -0.136. The third-order valence-corrected chi connectivity index (χ3v) is 4.20. The molecule has 0 fully saturated rings. The lowest BCUT2D eigenvalue weighted by Crippen LogP contribution is -2.37. The molecule has 2 rings (SSSR count). The third kappa shape index (κ3) is 4.04. The van der Waals surface area contributed by atoms with E-state index in [0.29, 0.717) is 0 Å². The van der Waals surface area contributed by atoms with Gasteiger partial charge in [-0.05, 0) is 32.4 Å². The van der Waals surface area contributed by atoms with Crippen molar-refractivity contribution in [1.29, 1.82) is 0 Å². The molecule has 122 valence electrons. The quantitative estimate of drug-likeness (QED) is 0.834. The molecule has 2 amide bonds. The minimum absolute atomic E-state index is 0.193. The molecule has 2 heterocycles. The van der Waals surface area contributed by atoms with E-state index in [4.69, 9.17) is 4.74 Å². The van der Waals surface area contributed by atoms with Crippen molar-refractivity contribution >= 4 is 28.8 Å². The normalized spacial score (nSPS) is 11.7. The Morgan fingerprint density at radius 3 is 2.65 bits per heavy atom. The number of nitrogens with one attached hydrogen (secondary N) is 2. The highest BCUT2D eigenvalue weighted by Crippen LogP contribution is 2.26. The second kappa shape index (κ2) is 7.19. The Morgan fingerprint density at radius 2 is 2.04 bits per heavy atom. The monoisotopic (exact) mass is 334 g/mol. The minimum Gasteiger partial charge on any atom is -0.479 e. The van der Waals surface area contributed by atoms with Crippen LogP contribution in [-0.4, -0.2) is 28.9 Å². The molecule has 2 aromatic rings. The van der Waals surface area contributed by atoms with E-state index in [0.717, 1.165) is 15.3 Å². The van der Waals surface area contributed by atoms with Crippen molar-refractivity contribution < 1.29 is 14.3 Å². The number of methoxy groups -OCH3 is 1. The number of anilines is 1. The molecular formula is C15H18N4O3S. The van der Waals surface area contributed by atoms with Crippen LogP contribution in [0.4, 0.5) is 5.69 Å². The Labute approximate surface area is 138 Å². The van der Waals surface area contributed by atoms with E-state index in [2.05, 4.69) is 20.6 Å². The van der Waals surface area contributed by atoms with Crippen LogP contribution >= 0.6 is 11.3 Å². The fourth-order valence-electron chi connectivity index (χ4n) is 2.17. The molecule has 2 aromatic heterocycles. The maximum Gasteiger partial charge on any atom is 0.313 e. The van der Waals surface area contributed by atoms with E-state index in [9.17, 15) is 9.59 Å². The predicted octanol–water partition coefficient (Wildman–Crippen LogP) is 1.98. The van der Waals surface area contributed by atoms with E-state index < -0.39 is 11.8 Å². The molecule has 0 bridgehead atoms. The molecule has 0 radical (unpaired) electrons. The zero-order valence-electron chi connectivity index (χ0n) is 13.3. The summed E-state index contributed by atoms with van der Waals surface area (Å²) in [6.07, 6.45) is 2.66. The van der Waals surface area contributed by atoms with Gasteiger partial charge < -0.3 is 15.4 Å². The summed E-state index contributed by atoms with van der Waals surface area (Å²) in [5.74, 6) is -1.33. The van der Waals surface area contributed by atoms with Gasteiger partial charge in [0.25, 0.3) is 0 Å². The highest BCUT2D eigenvalue weighted by atomic mass is 32.1. The Balaban J connectivity index is 2.03. The molecular weight excluding hydrogens is 316 g/mol. The fourth-order valence-corrected chi connectivity index (χ4v) is 3.19. The van der Waals surface area contributed by atoms with Gasteiger partial charge in [-0.15, -0.1) is 11.3 Å². The van der Waals surface area contributed by atoms with E-state index >= 15 is 0 Å². The second-order valence-electron chi connectivity index (χ2n) is 4.96. The van der Waals surface area contributed by atoms with E-state index in [-0.39, 0.29) is 17.6 Å². The summed E-state index contributed by atoms with van der Waals surface area (Å²) in [5, 5.41) is 5.12. The molecule has 7 nitrogen and oxygen atoms in total. The molecule has 2 N–H and O–H groups in total. The van der Waals surface area contributed by atoms with Crippen LogP contribution in [0.5, 0.6) is 5.88 Å². The highest BCUT2D eigenvalue weighted by Gasteiger charge is 2.20. The van der Waals surface area contributed by atoms with Gasteiger partial charge in [0.1, 0.15) is 12.0 Å². The molecule has 0 saturated carbocycles. The smallest absolute Gasteiger partial charge is 0.313 e. The van der Waals surface area contributed by atoms with E-state index in [1.807, 2.05) is 26.8 Å². The van der Waals surface area contributed by atoms with Gasteiger partial charge in [0.15, 0.2) is 0 Å². The number of hydrogen-bond donors (Lipinski definition) is 2. The number of hydrogen-bond acceptors (Lipinski definition) is 6. The molecule has 0 unspecified atom stereocenters. The van der Waals surface area contributed by atoms with Gasteiger partial charge in [-0.2, -0.15) is 4.98 Å². The molecule has 0 aliphatic rings. The lowest BCUT2D eigenvalue weighted by atomic mass is 10.1. The number of thiophene rings is 1. The Hall–Kier alpha value is -2.48. The van der Waals surface area contributed by atoms with Crippen molar-refractivity contribution in [2.24, 2.45) is 0 Å². The van der Waals surface area contributed by atoms with Crippen LogP contribution in [0.15, 0.2) is 18.6 Å². The van der Waals surface area contributed by atoms with Crippen molar-refractivity contribution in [3.05, 3.63) is 33.9 Å². The van der Waals surface area contributed by atoms with Crippen molar-refractivity contribution in [3.63, 3.8) is 0 Å². The summed E-state index contributed by atoms with van der Waals surface area (Å²) in [5.41, 5.74) is 1.25. The summed E-state index contributed by atoms with van der Waals surface area (Å²) in [6.45, 7) is 5.83. The fraction of sp³-hybridized carbons (Fsp3) is 0.333. The van der Waals surface area contributed by atoms with Gasteiger partial charge in [-0.25, -0.2) is 4.98 Å². The van der Waals surface area contributed by atoms with E-state index in [1.54, 1.807) is 11.3 Å².